The van der Waals surface area contributed by atoms with Crippen molar-refractivity contribution in [3.63, 3.8) is 0 Å². The van der Waals surface area contributed by atoms with Gasteiger partial charge in [0.15, 0.2) is 0 Å². The molecule has 5 heteroatoms. The Morgan fingerprint density at radius 3 is 2.95 bits per heavy atom. The molecule has 0 aliphatic heterocycles. The Bertz CT molecular complexity index is 408. The standard InChI is InChI=1S/C15H25N3O2/c1-2-9-19-10-3-8-17-14-7-6-13(16)15(18-14)20-11-12-4-5-12/h6-7,12H,2-5,8-11,16H2,1H3,(H,17,18). The van der Waals surface area contributed by atoms with E-state index in [1.54, 1.807) is 0 Å². The number of nitrogens with two attached hydrogens (primary N) is 1. The molecule has 1 aromatic heterocycles. The van der Waals surface area contributed by atoms with Crippen LogP contribution in [0.2, 0.25) is 0 Å². The lowest BCUT2D eigenvalue weighted by Crippen LogP contribution is -2.09. The highest BCUT2D eigenvalue weighted by Crippen LogP contribution is 2.30. The highest BCUT2D eigenvalue weighted by Gasteiger charge is 2.22. The fourth-order valence-corrected chi connectivity index (χ4v) is 1.78. The van der Waals surface area contributed by atoms with Gasteiger partial charge in [-0.15, -0.1) is 0 Å². The number of aromatic nitrogens is 1. The van der Waals surface area contributed by atoms with Crippen molar-refractivity contribution in [2.75, 3.05) is 37.4 Å². The predicted octanol–water partition coefficient (Wildman–Crippen LogP) is 2.68. The van der Waals surface area contributed by atoms with E-state index < -0.39 is 0 Å². The molecule has 0 aromatic carbocycles. The van der Waals surface area contributed by atoms with Crippen LogP contribution in [0.5, 0.6) is 5.88 Å². The Labute approximate surface area is 120 Å². The Morgan fingerprint density at radius 2 is 2.20 bits per heavy atom. The monoisotopic (exact) mass is 279 g/mol. The SMILES string of the molecule is CCCOCCCNc1ccc(N)c(OCC2CC2)n1. The summed E-state index contributed by atoms with van der Waals surface area (Å²) < 4.78 is 11.1. The summed E-state index contributed by atoms with van der Waals surface area (Å²) in [7, 11) is 0. The van der Waals surface area contributed by atoms with E-state index in [2.05, 4.69) is 17.2 Å². The number of anilines is 2. The first-order chi connectivity index (χ1) is 9.79. The summed E-state index contributed by atoms with van der Waals surface area (Å²) in [5.41, 5.74) is 6.47. The van der Waals surface area contributed by atoms with E-state index in [0.29, 0.717) is 17.5 Å². The smallest absolute Gasteiger partial charge is 0.239 e. The zero-order valence-corrected chi connectivity index (χ0v) is 12.2. The highest BCUT2D eigenvalue weighted by atomic mass is 16.5. The molecule has 112 valence electrons. The van der Waals surface area contributed by atoms with Crippen LogP contribution in [-0.4, -0.2) is 31.3 Å². The molecule has 2 rings (SSSR count). The quantitative estimate of drug-likeness (QED) is 0.644. The van der Waals surface area contributed by atoms with Crippen molar-refractivity contribution >= 4 is 11.5 Å². The first-order valence-electron chi connectivity index (χ1n) is 7.50. The van der Waals surface area contributed by atoms with Crippen LogP contribution in [0.3, 0.4) is 0 Å². The number of nitrogens with one attached hydrogen (secondary N) is 1. The third-order valence-corrected chi connectivity index (χ3v) is 3.16. The molecule has 0 unspecified atom stereocenters. The maximum Gasteiger partial charge on any atom is 0.239 e. The molecule has 1 aromatic rings. The van der Waals surface area contributed by atoms with Crippen molar-refractivity contribution in [1.29, 1.82) is 0 Å². The Balaban J connectivity index is 1.71. The van der Waals surface area contributed by atoms with Crippen molar-refractivity contribution in [3.05, 3.63) is 12.1 Å². The average molecular weight is 279 g/mol. The molecule has 0 radical (unpaired) electrons. The largest absolute Gasteiger partial charge is 0.476 e. The maximum atomic E-state index is 5.87. The topological polar surface area (TPSA) is 69.4 Å². The molecule has 3 N–H and O–H groups in total. The normalized spacial score (nSPS) is 14.2. The van der Waals surface area contributed by atoms with Crippen LogP contribution in [0, 0.1) is 5.92 Å². The number of pyridine rings is 1. The lowest BCUT2D eigenvalue weighted by Gasteiger charge is -2.10. The molecule has 0 saturated heterocycles. The van der Waals surface area contributed by atoms with Crippen LogP contribution in [0.1, 0.15) is 32.6 Å². The third kappa shape index (κ3) is 5.25. The second-order valence-electron chi connectivity index (χ2n) is 5.24. The van der Waals surface area contributed by atoms with Crippen LogP contribution >= 0.6 is 0 Å². The predicted molar refractivity (Wildman–Crippen MR) is 81.1 cm³/mol. The second-order valence-corrected chi connectivity index (χ2v) is 5.24. The van der Waals surface area contributed by atoms with E-state index in [-0.39, 0.29) is 0 Å². The molecule has 1 heterocycles. The molecule has 0 bridgehead atoms. The number of ether oxygens (including phenoxy) is 2. The van der Waals surface area contributed by atoms with E-state index in [1.807, 2.05) is 12.1 Å². The summed E-state index contributed by atoms with van der Waals surface area (Å²) in [6.07, 6.45) is 4.55. The molecule has 5 nitrogen and oxygen atoms in total. The molecule has 1 aliphatic rings. The number of nitrogens with zero attached hydrogens (tertiary/aromatic N) is 1. The Kier molecular flexibility index (Phi) is 5.92. The van der Waals surface area contributed by atoms with Gasteiger partial charge in [-0.25, -0.2) is 0 Å². The molecular formula is C15H25N3O2. The molecule has 1 fully saturated rings. The molecule has 20 heavy (non-hydrogen) atoms. The van der Waals surface area contributed by atoms with Gasteiger partial charge in [0.05, 0.1) is 12.3 Å². The summed E-state index contributed by atoms with van der Waals surface area (Å²) in [6.45, 7) is 5.29. The van der Waals surface area contributed by atoms with Crippen LogP contribution < -0.4 is 15.8 Å². The molecule has 0 amide bonds. The minimum Gasteiger partial charge on any atom is -0.476 e. The fraction of sp³-hybridized carbons (Fsp3) is 0.667. The number of rotatable bonds is 10. The second kappa shape index (κ2) is 7.94. The molecule has 1 saturated carbocycles. The van der Waals surface area contributed by atoms with Gasteiger partial charge in [-0.3, -0.25) is 0 Å². The summed E-state index contributed by atoms with van der Waals surface area (Å²) in [5.74, 6) is 2.05. The lowest BCUT2D eigenvalue weighted by atomic mass is 10.3. The van der Waals surface area contributed by atoms with E-state index in [0.717, 1.165) is 45.0 Å². The first kappa shape index (κ1) is 14.9. The summed E-state index contributed by atoms with van der Waals surface area (Å²) >= 11 is 0. The van der Waals surface area contributed by atoms with Gasteiger partial charge >= 0.3 is 0 Å². The van der Waals surface area contributed by atoms with E-state index in [1.165, 1.54) is 12.8 Å². The van der Waals surface area contributed by atoms with Crippen LogP contribution in [-0.2, 0) is 4.74 Å². The van der Waals surface area contributed by atoms with Gasteiger partial charge < -0.3 is 20.5 Å². The number of hydrogen-bond donors (Lipinski definition) is 2. The van der Waals surface area contributed by atoms with Gasteiger partial charge in [-0.2, -0.15) is 4.98 Å². The lowest BCUT2D eigenvalue weighted by molar-refractivity contribution is 0.134. The van der Waals surface area contributed by atoms with Gasteiger partial charge in [0, 0.05) is 19.8 Å². The van der Waals surface area contributed by atoms with Gasteiger partial charge in [0.1, 0.15) is 5.82 Å². The molecule has 0 spiro atoms. The third-order valence-electron chi connectivity index (χ3n) is 3.16. The van der Waals surface area contributed by atoms with Crippen LogP contribution in [0.15, 0.2) is 12.1 Å². The minimum absolute atomic E-state index is 0.545. The zero-order valence-electron chi connectivity index (χ0n) is 12.2. The highest BCUT2D eigenvalue weighted by molar-refractivity contribution is 5.53. The fourth-order valence-electron chi connectivity index (χ4n) is 1.78. The summed E-state index contributed by atoms with van der Waals surface area (Å²) in [4.78, 5) is 4.41. The maximum absolute atomic E-state index is 5.87. The van der Waals surface area contributed by atoms with Crippen LogP contribution in [0.25, 0.3) is 0 Å². The van der Waals surface area contributed by atoms with Crippen molar-refractivity contribution < 1.29 is 9.47 Å². The van der Waals surface area contributed by atoms with Crippen molar-refractivity contribution in [1.82, 2.24) is 4.98 Å². The van der Waals surface area contributed by atoms with E-state index in [4.69, 9.17) is 15.2 Å². The van der Waals surface area contributed by atoms with Crippen LogP contribution in [0.4, 0.5) is 11.5 Å². The molecule has 0 atom stereocenters. The Hall–Kier alpha value is -1.49. The van der Waals surface area contributed by atoms with E-state index in [9.17, 15) is 0 Å². The number of hydrogen-bond acceptors (Lipinski definition) is 5. The summed E-state index contributed by atoms with van der Waals surface area (Å²) in [6, 6.07) is 3.72. The van der Waals surface area contributed by atoms with Gasteiger partial charge in [0.25, 0.3) is 0 Å². The first-order valence-corrected chi connectivity index (χ1v) is 7.50. The zero-order chi connectivity index (χ0) is 14.2. The molecular weight excluding hydrogens is 254 g/mol. The average Bonchev–Trinajstić information content (AvgIpc) is 3.27. The van der Waals surface area contributed by atoms with Gasteiger partial charge in [-0.05, 0) is 43.7 Å². The van der Waals surface area contributed by atoms with Crippen molar-refractivity contribution in [2.45, 2.75) is 32.6 Å². The Morgan fingerprint density at radius 1 is 1.35 bits per heavy atom. The van der Waals surface area contributed by atoms with E-state index >= 15 is 0 Å². The summed E-state index contributed by atoms with van der Waals surface area (Å²) in [5, 5.41) is 3.27. The van der Waals surface area contributed by atoms with Crippen molar-refractivity contribution in [2.24, 2.45) is 5.92 Å². The number of nitrogen functional groups attached to an aromatic ring is 1. The minimum atomic E-state index is 0.545. The van der Waals surface area contributed by atoms with Gasteiger partial charge in [-0.1, -0.05) is 6.92 Å². The van der Waals surface area contributed by atoms with Gasteiger partial charge in [0.2, 0.25) is 5.88 Å². The molecule has 1 aliphatic carbocycles. The van der Waals surface area contributed by atoms with Crippen molar-refractivity contribution in [3.8, 4) is 5.88 Å².